The van der Waals surface area contributed by atoms with E-state index in [1.54, 1.807) is 48.8 Å². The molecule has 1 saturated carbocycles. The van der Waals surface area contributed by atoms with Crippen molar-refractivity contribution in [2.45, 2.75) is 37.9 Å². The van der Waals surface area contributed by atoms with Gasteiger partial charge in [0.05, 0.1) is 41.1 Å². The van der Waals surface area contributed by atoms with Gasteiger partial charge in [-0.2, -0.15) is 18.4 Å². The van der Waals surface area contributed by atoms with Crippen LogP contribution in [0.5, 0.6) is 11.5 Å². The van der Waals surface area contributed by atoms with E-state index >= 15 is 0 Å². The number of nitrogens with two attached hydrogens (primary N) is 1. The zero-order chi connectivity index (χ0) is 27.1. The summed E-state index contributed by atoms with van der Waals surface area (Å²) in [6.45, 7) is 1.51. The highest BCUT2D eigenvalue weighted by molar-refractivity contribution is 5.94. The van der Waals surface area contributed by atoms with Crippen LogP contribution in [0.3, 0.4) is 0 Å². The van der Waals surface area contributed by atoms with Gasteiger partial charge in [0, 0.05) is 24.2 Å². The van der Waals surface area contributed by atoms with E-state index in [1.165, 1.54) is 0 Å². The topological polar surface area (TPSA) is 106 Å². The molecule has 1 aliphatic carbocycles. The van der Waals surface area contributed by atoms with Gasteiger partial charge >= 0.3 is 6.18 Å². The number of aryl methyl sites for hydroxylation is 1. The Morgan fingerprint density at radius 1 is 1.18 bits per heavy atom. The van der Waals surface area contributed by atoms with Gasteiger partial charge in [-0.05, 0) is 55.2 Å². The molecule has 1 heterocycles. The van der Waals surface area contributed by atoms with Crippen LogP contribution in [-0.2, 0) is 5.54 Å². The first-order chi connectivity index (χ1) is 18.1. The van der Waals surface area contributed by atoms with Gasteiger partial charge in [-0.25, -0.2) is 4.98 Å². The fourth-order valence-corrected chi connectivity index (χ4v) is 4.75. The molecule has 0 bridgehead atoms. The first-order valence-electron chi connectivity index (χ1n) is 12.0. The van der Waals surface area contributed by atoms with Crippen LogP contribution in [0.4, 0.5) is 18.9 Å². The molecule has 3 aromatic carbocycles. The van der Waals surface area contributed by atoms with Gasteiger partial charge in [-0.1, -0.05) is 18.2 Å². The van der Waals surface area contributed by atoms with E-state index in [1.807, 2.05) is 23.6 Å². The lowest BCUT2D eigenvalue weighted by molar-refractivity contribution is -0.131. The molecule has 5 rings (SSSR count). The normalized spacial score (nSPS) is 14.2. The molecule has 1 fully saturated rings. The number of imidazole rings is 1. The molecule has 0 spiro atoms. The zero-order valence-electron chi connectivity index (χ0n) is 20.5. The second-order valence-electron chi connectivity index (χ2n) is 9.41. The van der Waals surface area contributed by atoms with Crippen molar-refractivity contribution in [3.63, 3.8) is 0 Å². The van der Waals surface area contributed by atoms with E-state index in [4.69, 9.17) is 10.5 Å². The summed E-state index contributed by atoms with van der Waals surface area (Å²) in [5.41, 5.74) is 9.29. The number of nitrogens with one attached hydrogen (secondary N) is 1. The molecular formula is C28H24F3N5O2. The van der Waals surface area contributed by atoms with Crippen LogP contribution in [0, 0.1) is 18.3 Å². The number of alkyl halides is 3. The van der Waals surface area contributed by atoms with Crippen LogP contribution in [0.2, 0.25) is 0 Å². The number of carbonyl (C=O) groups excluding carboxylic acids is 1. The molecule has 0 radical (unpaired) electrons. The SMILES string of the molecule is Cc1cc(C2(n3cnc4c(NCCC(F)(F)F)cc(Oc5cccc(C#N)c5)cc43)CC2)ccc1C(N)=O. The van der Waals surface area contributed by atoms with Crippen LogP contribution in [0.15, 0.2) is 60.9 Å². The Hall–Kier alpha value is -4.52. The Bertz CT molecular complexity index is 1580. The minimum absolute atomic E-state index is 0.322. The highest BCUT2D eigenvalue weighted by atomic mass is 19.4. The van der Waals surface area contributed by atoms with Crippen molar-refractivity contribution < 1.29 is 22.7 Å². The summed E-state index contributed by atoms with van der Waals surface area (Å²) in [5, 5.41) is 12.1. The van der Waals surface area contributed by atoms with Crippen LogP contribution in [0.1, 0.15) is 46.3 Å². The van der Waals surface area contributed by atoms with Gasteiger partial charge in [0.25, 0.3) is 0 Å². The standard InChI is InChI=1S/C28H24F3N5O2/c1-17-11-19(5-6-22(17)26(33)37)27(7-8-27)36-16-35-25-23(34-10-9-28(29,30)31)13-21(14-24(25)36)38-20-4-2-3-18(12-20)15-32/h2-6,11-14,16,34H,7-10H2,1H3,(H2,33,37). The maximum absolute atomic E-state index is 12.8. The number of hydrogen-bond donors (Lipinski definition) is 2. The molecule has 4 aromatic rings. The van der Waals surface area contributed by atoms with Gasteiger partial charge in [0.1, 0.15) is 17.0 Å². The lowest BCUT2D eigenvalue weighted by Gasteiger charge is -2.21. The zero-order valence-corrected chi connectivity index (χ0v) is 20.5. The van der Waals surface area contributed by atoms with Crippen molar-refractivity contribution in [2.24, 2.45) is 5.73 Å². The Labute approximate surface area is 216 Å². The van der Waals surface area contributed by atoms with Crippen molar-refractivity contribution in [1.82, 2.24) is 9.55 Å². The Kier molecular flexibility index (Phi) is 6.23. The first kappa shape index (κ1) is 25.1. The van der Waals surface area contributed by atoms with Crippen molar-refractivity contribution in [2.75, 3.05) is 11.9 Å². The molecule has 0 atom stereocenters. The second-order valence-corrected chi connectivity index (χ2v) is 9.41. The summed E-state index contributed by atoms with van der Waals surface area (Å²) in [6, 6.07) is 17.6. The predicted molar refractivity (Wildman–Crippen MR) is 136 cm³/mol. The molecule has 0 aliphatic heterocycles. The van der Waals surface area contributed by atoms with Gasteiger partial charge in [0.15, 0.2) is 0 Å². The Balaban J connectivity index is 1.58. The number of ether oxygens (including phenoxy) is 1. The van der Waals surface area contributed by atoms with Crippen LogP contribution < -0.4 is 15.8 Å². The summed E-state index contributed by atoms with van der Waals surface area (Å²) in [6.07, 6.45) is -1.98. The van der Waals surface area contributed by atoms with Crippen LogP contribution in [0.25, 0.3) is 11.0 Å². The summed E-state index contributed by atoms with van der Waals surface area (Å²) in [5.74, 6) is 0.318. The largest absolute Gasteiger partial charge is 0.457 e. The van der Waals surface area contributed by atoms with E-state index < -0.39 is 24.0 Å². The Morgan fingerprint density at radius 2 is 1.97 bits per heavy atom. The average molecular weight is 520 g/mol. The lowest BCUT2D eigenvalue weighted by Crippen LogP contribution is -2.19. The number of fused-ring (bicyclic) bond motifs is 1. The van der Waals surface area contributed by atoms with E-state index in [-0.39, 0.29) is 6.54 Å². The van der Waals surface area contributed by atoms with Crippen LogP contribution in [-0.4, -0.2) is 28.2 Å². The maximum atomic E-state index is 12.8. The third-order valence-corrected chi connectivity index (χ3v) is 6.76. The minimum Gasteiger partial charge on any atom is -0.457 e. The first-order valence-corrected chi connectivity index (χ1v) is 12.0. The quantitative estimate of drug-likeness (QED) is 0.297. The fourth-order valence-electron chi connectivity index (χ4n) is 4.75. The number of rotatable bonds is 8. The highest BCUT2D eigenvalue weighted by Crippen LogP contribution is 2.51. The number of anilines is 1. The maximum Gasteiger partial charge on any atom is 0.390 e. The minimum atomic E-state index is -4.30. The molecule has 0 unspecified atom stereocenters. The van der Waals surface area contributed by atoms with Gasteiger partial charge < -0.3 is 20.4 Å². The van der Waals surface area contributed by atoms with Crippen molar-refractivity contribution in [3.8, 4) is 17.6 Å². The van der Waals surface area contributed by atoms with Crippen molar-refractivity contribution in [1.29, 1.82) is 5.26 Å². The van der Waals surface area contributed by atoms with Crippen molar-refractivity contribution in [3.05, 3.63) is 83.2 Å². The molecule has 10 heteroatoms. The fraction of sp³-hybridized carbons (Fsp3) is 0.250. The molecule has 194 valence electrons. The summed E-state index contributed by atoms with van der Waals surface area (Å²) in [4.78, 5) is 16.3. The number of benzene rings is 3. The third-order valence-electron chi connectivity index (χ3n) is 6.76. The van der Waals surface area contributed by atoms with Crippen molar-refractivity contribution >= 4 is 22.6 Å². The van der Waals surface area contributed by atoms with Gasteiger partial charge in [-0.15, -0.1) is 0 Å². The van der Waals surface area contributed by atoms with Gasteiger partial charge in [-0.3, -0.25) is 4.79 Å². The number of nitrogens with zero attached hydrogens (tertiary/aromatic N) is 3. The second kappa shape index (κ2) is 9.41. The number of halogens is 3. The monoisotopic (exact) mass is 519 g/mol. The molecule has 1 aromatic heterocycles. The highest BCUT2D eigenvalue weighted by Gasteiger charge is 2.47. The molecule has 1 amide bonds. The lowest BCUT2D eigenvalue weighted by atomic mass is 9.98. The van der Waals surface area contributed by atoms with E-state index in [0.29, 0.717) is 39.3 Å². The number of amides is 1. The number of primary amides is 1. The number of nitriles is 1. The molecule has 7 nitrogen and oxygen atoms in total. The van der Waals surface area contributed by atoms with E-state index in [2.05, 4.69) is 16.4 Å². The average Bonchev–Trinajstić information content (AvgIpc) is 3.55. The molecular weight excluding hydrogens is 495 g/mol. The summed E-state index contributed by atoms with van der Waals surface area (Å²) < 4.78 is 46.6. The molecule has 3 N–H and O–H groups in total. The summed E-state index contributed by atoms with van der Waals surface area (Å²) in [7, 11) is 0. The molecule has 1 aliphatic rings. The van der Waals surface area contributed by atoms with Crippen LogP contribution >= 0.6 is 0 Å². The number of aromatic nitrogens is 2. The van der Waals surface area contributed by atoms with E-state index in [0.717, 1.165) is 24.0 Å². The van der Waals surface area contributed by atoms with Gasteiger partial charge in [0.2, 0.25) is 5.91 Å². The van der Waals surface area contributed by atoms with E-state index in [9.17, 15) is 23.2 Å². The number of carbonyl (C=O) groups is 1. The Morgan fingerprint density at radius 3 is 2.63 bits per heavy atom. The summed E-state index contributed by atoms with van der Waals surface area (Å²) >= 11 is 0. The molecule has 38 heavy (non-hydrogen) atoms. The number of hydrogen-bond acceptors (Lipinski definition) is 5. The molecule has 0 saturated heterocycles. The predicted octanol–water partition coefficient (Wildman–Crippen LogP) is 6.01. The smallest absolute Gasteiger partial charge is 0.390 e. The third kappa shape index (κ3) is 4.87.